The van der Waals surface area contributed by atoms with Gasteiger partial charge in [-0.15, -0.1) is 0 Å². The molecular weight excluding hydrogens is 428 g/mol. The molecule has 0 radical (unpaired) electrons. The fourth-order valence-corrected chi connectivity index (χ4v) is 5.63. The maximum absolute atomic E-state index is 13.2. The topological polar surface area (TPSA) is 82.1 Å². The molecule has 32 heavy (non-hydrogen) atoms. The number of anilines is 2. The first-order valence-electron chi connectivity index (χ1n) is 11.1. The van der Waals surface area contributed by atoms with E-state index in [-0.39, 0.29) is 0 Å². The zero-order chi connectivity index (χ0) is 22.7. The first kappa shape index (κ1) is 22.8. The van der Waals surface area contributed by atoms with E-state index in [4.69, 9.17) is 4.74 Å². The van der Waals surface area contributed by atoms with Crippen molar-refractivity contribution >= 4 is 21.7 Å². The molecule has 2 aromatic rings. The Bertz CT molecular complexity index is 1030. The lowest BCUT2D eigenvalue weighted by Crippen LogP contribution is -2.49. The maximum Gasteiger partial charge on any atom is 0.243 e. The molecule has 10 heteroatoms. The summed E-state index contributed by atoms with van der Waals surface area (Å²) in [6, 6.07) is 7.08. The Morgan fingerprint density at radius 1 is 0.906 bits per heavy atom. The minimum Gasteiger partial charge on any atom is -0.494 e. The highest BCUT2D eigenvalue weighted by atomic mass is 32.2. The smallest absolute Gasteiger partial charge is 0.243 e. The molecule has 3 heterocycles. The van der Waals surface area contributed by atoms with E-state index >= 15 is 0 Å². The van der Waals surface area contributed by atoms with Gasteiger partial charge in [-0.05, 0) is 44.7 Å². The minimum atomic E-state index is -3.55. The number of likely N-dealkylation sites (N-methyl/N-ethyl adjacent to an activating group) is 1. The second-order valence-corrected chi connectivity index (χ2v) is 10.2. The van der Waals surface area contributed by atoms with Crippen molar-refractivity contribution in [2.24, 2.45) is 0 Å². The second kappa shape index (κ2) is 9.60. The predicted molar refractivity (Wildman–Crippen MR) is 125 cm³/mol. The maximum atomic E-state index is 13.2. The van der Waals surface area contributed by atoms with Gasteiger partial charge in [0.1, 0.15) is 23.7 Å². The van der Waals surface area contributed by atoms with Gasteiger partial charge in [-0.1, -0.05) is 0 Å². The first-order valence-corrected chi connectivity index (χ1v) is 12.6. The molecule has 0 spiro atoms. The van der Waals surface area contributed by atoms with Crippen LogP contribution < -0.4 is 14.5 Å². The van der Waals surface area contributed by atoms with Gasteiger partial charge >= 0.3 is 0 Å². The largest absolute Gasteiger partial charge is 0.494 e. The van der Waals surface area contributed by atoms with Gasteiger partial charge in [0.25, 0.3) is 0 Å². The Kier molecular flexibility index (Phi) is 6.82. The zero-order valence-electron chi connectivity index (χ0n) is 19.1. The molecule has 0 saturated carbocycles. The number of benzene rings is 1. The van der Waals surface area contributed by atoms with Gasteiger partial charge < -0.3 is 19.4 Å². The van der Waals surface area contributed by atoms with E-state index in [1.54, 1.807) is 28.8 Å². The second-order valence-electron chi connectivity index (χ2n) is 8.28. The summed E-state index contributed by atoms with van der Waals surface area (Å²) < 4.78 is 33.4. The normalized spacial score (nSPS) is 18.7. The number of aryl methyl sites for hydroxylation is 1. The number of ether oxygens (including phenoxy) is 1. The first-order chi connectivity index (χ1) is 15.4. The molecule has 0 amide bonds. The fourth-order valence-electron chi connectivity index (χ4n) is 4.13. The fraction of sp³-hybridized carbons (Fsp3) is 0.545. The van der Waals surface area contributed by atoms with Gasteiger partial charge in [-0.2, -0.15) is 4.31 Å². The summed E-state index contributed by atoms with van der Waals surface area (Å²) in [5.41, 5.74) is 0.823. The van der Waals surface area contributed by atoms with Crippen molar-refractivity contribution in [1.29, 1.82) is 0 Å². The van der Waals surface area contributed by atoms with E-state index in [0.717, 1.165) is 49.1 Å². The molecule has 2 saturated heterocycles. The van der Waals surface area contributed by atoms with Crippen molar-refractivity contribution in [3.05, 3.63) is 36.2 Å². The van der Waals surface area contributed by atoms with E-state index in [2.05, 4.69) is 31.7 Å². The molecule has 1 aromatic carbocycles. The van der Waals surface area contributed by atoms with Crippen LogP contribution in [0.1, 0.15) is 12.5 Å². The molecule has 0 N–H and O–H groups in total. The van der Waals surface area contributed by atoms with Crippen LogP contribution >= 0.6 is 0 Å². The highest BCUT2D eigenvalue weighted by Crippen LogP contribution is 2.26. The van der Waals surface area contributed by atoms with Gasteiger partial charge in [-0.25, -0.2) is 18.4 Å². The standard InChI is InChI=1S/C22H32N6O3S/c1-4-31-20-6-5-19(15-18(20)2)32(29,30)28-13-11-27(12-14-28)22-16-21(23-17-24-22)26-9-7-25(3)8-10-26/h5-6,15-17H,4,7-14H2,1-3H3. The van der Waals surface area contributed by atoms with Gasteiger partial charge in [0.15, 0.2) is 0 Å². The van der Waals surface area contributed by atoms with Crippen molar-refractivity contribution in [3.8, 4) is 5.75 Å². The molecule has 0 bridgehead atoms. The molecule has 174 valence electrons. The van der Waals surface area contributed by atoms with Crippen LogP contribution in [0.25, 0.3) is 0 Å². The van der Waals surface area contributed by atoms with Gasteiger partial charge in [0, 0.05) is 58.4 Å². The Balaban J connectivity index is 1.42. The summed E-state index contributed by atoms with van der Waals surface area (Å²) in [6.45, 7) is 10.3. The van der Waals surface area contributed by atoms with E-state index in [1.165, 1.54) is 0 Å². The molecule has 2 aliphatic heterocycles. The molecule has 9 nitrogen and oxygen atoms in total. The molecule has 0 unspecified atom stereocenters. The lowest BCUT2D eigenvalue weighted by atomic mass is 10.2. The number of aromatic nitrogens is 2. The molecular formula is C22H32N6O3S. The van der Waals surface area contributed by atoms with E-state index < -0.39 is 10.0 Å². The number of nitrogens with zero attached hydrogens (tertiary/aromatic N) is 6. The van der Waals surface area contributed by atoms with Gasteiger partial charge in [-0.3, -0.25) is 0 Å². The van der Waals surface area contributed by atoms with Gasteiger partial charge in [0.2, 0.25) is 10.0 Å². The van der Waals surface area contributed by atoms with Crippen LogP contribution in [0.15, 0.2) is 35.5 Å². The number of rotatable bonds is 6. The quantitative estimate of drug-likeness (QED) is 0.641. The Morgan fingerprint density at radius 3 is 2.06 bits per heavy atom. The van der Waals surface area contributed by atoms with Crippen LogP contribution in [0.5, 0.6) is 5.75 Å². The average molecular weight is 461 g/mol. The summed E-state index contributed by atoms with van der Waals surface area (Å²) >= 11 is 0. The predicted octanol–water partition coefficient (Wildman–Crippen LogP) is 1.45. The van der Waals surface area contributed by atoms with Crippen molar-refractivity contribution in [3.63, 3.8) is 0 Å². The Hall–Kier alpha value is -2.43. The average Bonchev–Trinajstić information content (AvgIpc) is 2.81. The van der Waals surface area contributed by atoms with Gasteiger partial charge in [0.05, 0.1) is 11.5 Å². The summed E-state index contributed by atoms with van der Waals surface area (Å²) in [6.07, 6.45) is 1.61. The molecule has 0 aliphatic carbocycles. The van der Waals surface area contributed by atoms with E-state index in [1.807, 2.05) is 19.9 Å². The monoisotopic (exact) mass is 460 g/mol. The Labute approximate surface area is 190 Å². The summed E-state index contributed by atoms with van der Waals surface area (Å²) in [5, 5.41) is 0. The van der Waals surface area contributed by atoms with Crippen LogP contribution in [-0.2, 0) is 10.0 Å². The minimum absolute atomic E-state index is 0.311. The lowest BCUT2D eigenvalue weighted by molar-refractivity contribution is 0.312. The molecule has 2 aliphatic rings. The number of hydrogen-bond donors (Lipinski definition) is 0. The van der Waals surface area contributed by atoms with Crippen molar-refractivity contribution in [2.45, 2.75) is 18.7 Å². The van der Waals surface area contributed by atoms with E-state index in [0.29, 0.717) is 37.7 Å². The van der Waals surface area contributed by atoms with Crippen molar-refractivity contribution in [1.82, 2.24) is 19.2 Å². The van der Waals surface area contributed by atoms with Crippen LogP contribution in [-0.4, -0.2) is 93.6 Å². The zero-order valence-corrected chi connectivity index (χ0v) is 19.9. The molecule has 1 aromatic heterocycles. The van der Waals surface area contributed by atoms with Crippen molar-refractivity contribution < 1.29 is 13.2 Å². The van der Waals surface area contributed by atoms with Crippen molar-refractivity contribution in [2.75, 3.05) is 75.8 Å². The van der Waals surface area contributed by atoms with Crippen LogP contribution in [0.3, 0.4) is 0 Å². The third-order valence-corrected chi connectivity index (χ3v) is 8.01. The highest BCUT2D eigenvalue weighted by Gasteiger charge is 2.29. The number of sulfonamides is 1. The number of piperazine rings is 2. The van der Waals surface area contributed by atoms with Crippen LogP contribution in [0.2, 0.25) is 0 Å². The highest BCUT2D eigenvalue weighted by molar-refractivity contribution is 7.89. The van der Waals surface area contributed by atoms with E-state index in [9.17, 15) is 8.42 Å². The molecule has 0 atom stereocenters. The molecule has 2 fully saturated rings. The summed E-state index contributed by atoms with van der Waals surface area (Å²) in [4.78, 5) is 15.9. The third kappa shape index (κ3) is 4.82. The van der Waals surface area contributed by atoms with Crippen LogP contribution in [0, 0.1) is 6.92 Å². The summed E-state index contributed by atoms with van der Waals surface area (Å²) in [5.74, 6) is 2.50. The summed E-state index contributed by atoms with van der Waals surface area (Å²) in [7, 11) is -1.42. The lowest BCUT2D eigenvalue weighted by Gasteiger charge is -2.36. The SMILES string of the molecule is CCOc1ccc(S(=O)(=O)N2CCN(c3cc(N4CCN(C)CC4)ncn3)CC2)cc1C. The number of hydrogen-bond acceptors (Lipinski definition) is 8. The molecule has 4 rings (SSSR count). The Morgan fingerprint density at radius 2 is 1.50 bits per heavy atom. The van der Waals surface area contributed by atoms with Crippen LogP contribution in [0.4, 0.5) is 11.6 Å². The third-order valence-electron chi connectivity index (χ3n) is 6.11.